The van der Waals surface area contributed by atoms with E-state index in [0.29, 0.717) is 0 Å². The van der Waals surface area contributed by atoms with Gasteiger partial charge in [-0.1, -0.05) is 176 Å². The molecule has 1 unspecified atom stereocenters. The summed E-state index contributed by atoms with van der Waals surface area (Å²) < 4.78 is 6.50. The Labute approximate surface area is 321 Å². The van der Waals surface area contributed by atoms with Gasteiger partial charge in [-0.25, -0.2) is 0 Å². The maximum atomic E-state index is 6.50. The lowest BCUT2D eigenvalue weighted by atomic mass is 9.88. The summed E-state index contributed by atoms with van der Waals surface area (Å²) in [5.41, 5.74) is 17.1. The van der Waals surface area contributed by atoms with E-state index >= 15 is 0 Å². The van der Waals surface area contributed by atoms with Crippen molar-refractivity contribution in [3.8, 4) is 44.5 Å². The predicted octanol–water partition coefficient (Wildman–Crippen LogP) is 14.3. The van der Waals surface area contributed by atoms with Crippen molar-refractivity contribution in [2.75, 3.05) is 0 Å². The van der Waals surface area contributed by atoms with Gasteiger partial charge in [-0.15, -0.1) is 0 Å². The van der Waals surface area contributed by atoms with E-state index in [0.717, 1.165) is 50.8 Å². The minimum absolute atomic E-state index is 0.000818. The van der Waals surface area contributed by atoms with Crippen LogP contribution in [0.5, 0.6) is 0 Å². The van der Waals surface area contributed by atoms with Gasteiger partial charge in [0.1, 0.15) is 11.2 Å². The van der Waals surface area contributed by atoms with Gasteiger partial charge in [0.05, 0.1) is 11.8 Å². The molecule has 0 N–H and O–H groups in total. The van der Waals surface area contributed by atoms with Gasteiger partial charge >= 0.3 is 0 Å². The van der Waals surface area contributed by atoms with Gasteiger partial charge in [-0.2, -0.15) is 0 Å². The Morgan fingerprint density at radius 2 is 0.891 bits per heavy atom. The molecule has 0 amide bonds. The zero-order valence-electron chi connectivity index (χ0n) is 30.3. The lowest BCUT2D eigenvalue weighted by molar-refractivity contribution is 0.669. The van der Waals surface area contributed by atoms with Crippen LogP contribution in [-0.4, -0.2) is 5.71 Å². The van der Waals surface area contributed by atoms with Gasteiger partial charge in [0, 0.05) is 16.3 Å². The highest BCUT2D eigenvalue weighted by molar-refractivity contribution is 6.24. The first-order chi connectivity index (χ1) is 27.2. The standard InChI is InChI=1S/C53H37NO/c1-4-12-36(13-5-1)38-22-28-41(29-23-38)46-34-49(42-16-8-3-9-17-42)54-50(35-46)47-20-11-21-52-53(47)48-33-45(30-31-51(48)55-52)40-26-24-39(25-27-40)44-19-10-18-43(32-44)37-14-6-2-7-15-37/h1-33,35,49H,34H2. The minimum Gasteiger partial charge on any atom is -0.456 e. The summed E-state index contributed by atoms with van der Waals surface area (Å²) >= 11 is 0. The zero-order valence-corrected chi connectivity index (χ0v) is 30.3. The third-order valence-electron chi connectivity index (χ3n) is 10.9. The number of hydrogen-bond donors (Lipinski definition) is 0. The summed E-state index contributed by atoms with van der Waals surface area (Å²) in [6.45, 7) is 0. The van der Waals surface area contributed by atoms with Crippen LogP contribution in [0.25, 0.3) is 72.0 Å². The summed E-state index contributed by atoms with van der Waals surface area (Å²) in [5, 5.41) is 2.19. The molecule has 8 aromatic carbocycles. The SMILES string of the molecule is C1=C(c2ccc(-c3ccccc3)cc2)CC(c2ccccc2)N=C1c1cccc2oc3ccc(-c4ccc(-c5cccc(-c6ccccc6)c5)cc4)cc3c12. The minimum atomic E-state index is 0.000818. The Kier molecular flexibility index (Phi) is 8.35. The lowest BCUT2D eigenvalue weighted by Gasteiger charge is -2.23. The number of fused-ring (bicyclic) bond motifs is 3. The topological polar surface area (TPSA) is 25.5 Å². The summed E-state index contributed by atoms with van der Waals surface area (Å²) in [6, 6.07) is 71.3. The molecule has 0 radical (unpaired) electrons. The highest BCUT2D eigenvalue weighted by Gasteiger charge is 2.23. The van der Waals surface area contributed by atoms with Gasteiger partial charge in [0.2, 0.25) is 0 Å². The van der Waals surface area contributed by atoms with E-state index < -0.39 is 0 Å². The maximum absolute atomic E-state index is 6.50. The van der Waals surface area contributed by atoms with Crippen LogP contribution >= 0.6 is 0 Å². The molecule has 1 aromatic heterocycles. The molecule has 9 aromatic rings. The number of allylic oxidation sites excluding steroid dienone is 1. The van der Waals surface area contributed by atoms with E-state index in [4.69, 9.17) is 9.41 Å². The van der Waals surface area contributed by atoms with Gasteiger partial charge in [-0.3, -0.25) is 4.99 Å². The molecule has 2 heteroatoms. The molecular formula is C53H37NO. The third-order valence-corrected chi connectivity index (χ3v) is 10.9. The molecule has 1 aliphatic heterocycles. The Morgan fingerprint density at radius 1 is 0.400 bits per heavy atom. The Bertz CT molecular complexity index is 2850. The van der Waals surface area contributed by atoms with Crippen LogP contribution in [0, 0.1) is 0 Å². The molecule has 2 nitrogen and oxygen atoms in total. The van der Waals surface area contributed by atoms with Crippen molar-refractivity contribution in [1.29, 1.82) is 0 Å². The van der Waals surface area contributed by atoms with Crippen LogP contribution in [0.4, 0.5) is 0 Å². The van der Waals surface area contributed by atoms with Crippen molar-refractivity contribution in [2.45, 2.75) is 12.5 Å². The van der Waals surface area contributed by atoms with E-state index in [9.17, 15) is 0 Å². The van der Waals surface area contributed by atoms with Crippen LogP contribution in [0.1, 0.15) is 29.2 Å². The molecule has 55 heavy (non-hydrogen) atoms. The zero-order chi connectivity index (χ0) is 36.6. The first-order valence-corrected chi connectivity index (χ1v) is 18.9. The van der Waals surface area contributed by atoms with Gasteiger partial charge in [0.15, 0.2) is 0 Å². The summed E-state index contributed by atoms with van der Waals surface area (Å²) in [5.74, 6) is 0. The van der Waals surface area contributed by atoms with Crippen molar-refractivity contribution < 1.29 is 4.42 Å². The summed E-state index contributed by atoms with van der Waals surface area (Å²) in [4.78, 5) is 5.44. The van der Waals surface area contributed by atoms with E-state index in [-0.39, 0.29) is 6.04 Å². The fraction of sp³-hybridized carbons (Fsp3) is 0.0377. The number of nitrogens with zero attached hydrogens (tertiary/aromatic N) is 1. The highest BCUT2D eigenvalue weighted by atomic mass is 16.3. The number of rotatable bonds is 7. The van der Waals surface area contributed by atoms with Crippen molar-refractivity contribution in [1.82, 2.24) is 0 Å². The lowest BCUT2D eigenvalue weighted by Crippen LogP contribution is -2.10. The number of dihydropyridines is 1. The maximum Gasteiger partial charge on any atom is 0.136 e. The predicted molar refractivity (Wildman–Crippen MR) is 230 cm³/mol. The molecule has 0 saturated carbocycles. The second-order valence-electron chi connectivity index (χ2n) is 14.3. The van der Waals surface area contributed by atoms with Gasteiger partial charge in [0.25, 0.3) is 0 Å². The van der Waals surface area contributed by atoms with Crippen LogP contribution in [0.15, 0.2) is 216 Å². The molecule has 1 aliphatic rings. The van der Waals surface area contributed by atoms with Gasteiger partial charge in [-0.05, 0) is 98.0 Å². The Hall–Kier alpha value is -7.03. The molecule has 10 rings (SSSR count). The van der Waals surface area contributed by atoms with Crippen LogP contribution in [0.3, 0.4) is 0 Å². The van der Waals surface area contributed by atoms with Crippen LogP contribution in [-0.2, 0) is 0 Å². The average molecular weight is 704 g/mol. The summed E-state index contributed by atoms with van der Waals surface area (Å²) in [6.07, 6.45) is 3.12. The van der Waals surface area contributed by atoms with E-state index in [1.54, 1.807) is 0 Å². The fourth-order valence-corrected chi connectivity index (χ4v) is 7.99. The Morgan fingerprint density at radius 3 is 1.55 bits per heavy atom. The number of furan rings is 1. The van der Waals surface area contributed by atoms with Gasteiger partial charge < -0.3 is 4.42 Å². The molecule has 1 atom stereocenters. The monoisotopic (exact) mass is 703 g/mol. The molecule has 0 spiro atoms. The molecule has 0 fully saturated rings. The smallest absolute Gasteiger partial charge is 0.136 e. The number of hydrogen-bond acceptors (Lipinski definition) is 2. The van der Waals surface area contributed by atoms with Crippen LogP contribution in [0.2, 0.25) is 0 Å². The third kappa shape index (κ3) is 6.38. The fourth-order valence-electron chi connectivity index (χ4n) is 7.99. The largest absolute Gasteiger partial charge is 0.456 e. The second-order valence-corrected chi connectivity index (χ2v) is 14.3. The number of aliphatic imine (C=N–C) groups is 1. The summed E-state index contributed by atoms with van der Waals surface area (Å²) in [7, 11) is 0. The van der Waals surface area contributed by atoms with Crippen molar-refractivity contribution in [3.63, 3.8) is 0 Å². The molecular weight excluding hydrogens is 667 g/mol. The van der Waals surface area contributed by atoms with E-state index in [1.165, 1.54) is 50.1 Å². The Balaban J connectivity index is 1.03. The second kappa shape index (κ2) is 14.1. The normalized spacial score (nSPS) is 14.1. The average Bonchev–Trinajstić information content (AvgIpc) is 3.66. The molecule has 2 heterocycles. The number of benzene rings is 8. The molecule has 0 saturated heterocycles. The first kappa shape index (κ1) is 32.6. The van der Waals surface area contributed by atoms with Crippen molar-refractivity contribution >= 4 is 33.2 Å². The van der Waals surface area contributed by atoms with E-state index in [2.05, 4.69) is 206 Å². The van der Waals surface area contributed by atoms with E-state index in [1.807, 2.05) is 0 Å². The van der Waals surface area contributed by atoms with Crippen molar-refractivity contribution in [3.05, 3.63) is 223 Å². The molecule has 260 valence electrons. The van der Waals surface area contributed by atoms with Crippen LogP contribution < -0.4 is 0 Å². The highest BCUT2D eigenvalue weighted by Crippen LogP contribution is 2.40. The molecule has 0 aliphatic carbocycles. The molecule has 0 bridgehead atoms. The first-order valence-electron chi connectivity index (χ1n) is 18.9. The quantitative estimate of drug-likeness (QED) is 0.162. The van der Waals surface area contributed by atoms with Crippen molar-refractivity contribution in [2.24, 2.45) is 4.99 Å².